The minimum Gasteiger partial charge on any atom is -0.340 e. The zero-order valence-corrected chi connectivity index (χ0v) is 15.6. The fraction of sp³-hybridized carbons (Fsp3) is 0.667. The molecule has 0 unspecified atom stereocenters. The van der Waals surface area contributed by atoms with Gasteiger partial charge in [-0.2, -0.15) is 0 Å². The maximum Gasteiger partial charge on any atom is 0.222 e. The minimum absolute atomic E-state index is 0.0282. The van der Waals surface area contributed by atoms with Gasteiger partial charge in [-0.1, -0.05) is 18.2 Å². The van der Waals surface area contributed by atoms with Crippen LogP contribution >= 0.6 is 0 Å². The zero-order chi connectivity index (χ0) is 18.0. The maximum atomic E-state index is 14.6. The van der Waals surface area contributed by atoms with E-state index in [-0.39, 0.29) is 23.2 Å². The molecule has 5 heteroatoms. The van der Waals surface area contributed by atoms with Crippen molar-refractivity contribution in [1.82, 2.24) is 15.1 Å². The quantitative estimate of drug-likeness (QED) is 0.898. The van der Waals surface area contributed by atoms with Gasteiger partial charge in [0.25, 0.3) is 0 Å². The summed E-state index contributed by atoms with van der Waals surface area (Å²) < 4.78 is 14.6. The number of nitrogens with zero attached hydrogens (tertiary/aromatic N) is 2. The summed E-state index contributed by atoms with van der Waals surface area (Å²) in [7, 11) is 0. The number of nitrogens with one attached hydrogen (secondary N) is 1. The summed E-state index contributed by atoms with van der Waals surface area (Å²) in [5, 5.41) is 3.44. The number of hydrogen-bond acceptors (Lipinski definition) is 3. The number of carbonyl (C=O) groups is 1. The van der Waals surface area contributed by atoms with E-state index < -0.39 is 0 Å². The lowest BCUT2D eigenvalue weighted by Crippen LogP contribution is -2.52. The van der Waals surface area contributed by atoms with Gasteiger partial charge in [-0.3, -0.25) is 9.69 Å². The summed E-state index contributed by atoms with van der Waals surface area (Å²) in [4.78, 5) is 17.1. The average Bonchev–Trinajstić information content (AvgIpc) is 3.19. The summed E-state index contributed by atoms with van der Waals surface area (Å²) in [6.45, 7) is 5.54. The molecule has 1 N–H and O–H groups in total. The Kier molecular flexibility index (Phi) is 5.28. The molecule has 3 saturated heterocycles. The van der Waals surface area contributed by atoms with Crippen molar-refractivity contribution in [2.24, 2.45) is 5.41 Å². The SMILES string of the molecule is O=C1CCC2(CCNCC2)CN1C[C@@H](c1ccccc1F)N1CCCC1. The number of halogens is 1. The number of rotatable bonds is 4. The predicted molar refractivity (Wildman–Crippen MR) is 100 cm³/mol. The van der Waals surface area contributed by atoms with Crippen molar-refractivity contribution in [2.45, 2.75) is 44.6 Å². The van der Waals surface area contributed by atoms with Crippen molar-refractivity contribution in [2.75, 3.05) is 39.3 Å². The van der Waals surface area contributed by atoms with Crippen LogP contribution < -0.4 is 5.32 Å². The number of amides is 1. The summed E-state index contributed by atoms with van der Waals surface area (Å²) in [6, 6.07) is 7.07. The van der Waals surface area contributed by atoms with Gasteiger partial charge in [0.2, 0.25) is 5.91 Å². The van der Waals surface area contributed by atoms with Crippen LogP contribution in [-0.2, 0) is 4.79 Å². The molecule has 1 aromatic carbocycles. The molecule has 3 heterocycles. The highest BCUT2D eigenvalue weighted by Crippen LogP contribution is 2.39. The number of likely N-dealkylation sites (tertiary alicyclic amines) is 2. The number of hydrogen-bond donors (Lipinski definition) is 1. The third kappa shape index (κ3) is 3.65. The second-order valence-electron chi connectivity index (χ2n) is 8.30. The second kappa shape index (κ2) is 7.65. The van der Waals surface area contributed by atoms with E-state index in [1.54, 1.807) is 12.1 Å². The molecule has 4 nitrogen and oxygen atoms in total. The Balaban J connectivity index is 1.56. The third-order valence-corrected chi connectivity index (χ3v) is 6.65. The van der Waals surface area contributed by atoms with Crippen LogP contribution in [0.1, 0.15) is 50.1 Å². The van der Waals surface area contributed by atoms with Gasteiger partial charge in [-0.05, 0) is 69.8 Å². The molecule has 0 bridgehead atoms. The van der Waals surface area contributed by atoms with Crippen LogP contribution in [0.3, 0.4) is 0 Å². The van der Waals surface area contributed by atoms with Crippen molar-refractivity contribution in [3.8, 4) is 0 Å². The first-order valence-corrected chi connectivity index (χ1v) is 10.1. The lowest BCUT2D eigenvalue weighted by atomic mass is 9.72. The Hall–Kier alpha value is -1.46. The van der Waals surface area contributed by atoms with Gasteiger partial charge in [-0.15, -0.1) is 0 Å². The van der Waals surface area contributed by atoms with Crippen molar-refractivity contribution >= 4 is 5.91 Å². The standard InChI is InChI=1S/C21H30FN3O/c22-18-6-2-1-5-17(18)19(24-13-3-4-14-24)15-25-16-21(8-7-20(25)26)9-11-23-12-10-21/h1-2,5-6,19,23H,3-4,7-16H2/t19-/m0/s1. The van der Waals surface area contributed by atoms with E-state index in [2.05, 4.69) is 10.2 Å². The minimum atomic E-state index is -0.148. The highest BCUT2D eigenvalue weighted by molar-refractivity contribution is 5.77. The van der Waals surface area contributed by atoms with E-state index in [9.17, 15) is 9.18 Å². The lowest BCUT2D eigenvalue weighted by Gasteiger charge is -2.46. The fourth-order valence-electron chi connectivity index (χ4n) is 5.05. The first kappa shape index (κ1) is 17.9. The van der Waals surface area contributed by atoms with Crippen LogP contribution in [0.5, 0.6) is 0 Å². The molecule has 142 valence electrons. The molecule has 3 fully saturated rings. The Labute approximate surface area is 155 Å². The van der Waals surface area contributed by atoms with E-state index in [4.69, 9.17) is 0 Å². The van der Waals surface area contributed by atoms with Crippen LogP contribution in [0, 0.1) is 11.2 Å². The van der Waals surface area contributed by atoms with E-state index in [0.29, 0.717) is 13.0 Å². The lowest BCUT2D eigenvalue weighted by molar-refractivity contribution is -0.139. The van der Waals surface area contributed by atoms with Crippen LogP contribution in [0.25, 0.3) is 0 Å². The molecule has 1 amide bonds. The molecule has 4 rings (SSSR count). The van der Waals surface area contributed by atoms with Crippen LogP contribution in [-0.4, -0.2) is 55.0 Å². The van der Waals surface area contributed by atoms with Crippen LogP contribution in [0.15, 0.2) is 24.3 Å². The van der Waals surface area contributed by atoms with E-state index in [0.717, 1.165) is 70.4 Å². The molecular formula is C21H30FN3O. The Bertz CT molecular complexity index is 638. The Morgan fingerprint density at radius 2 is 1.85 bits per heavy atom. The maximum absolute atomic E-state index is 14.6. The third-order valence-electron chi connectivity index (χ3n) is 6.65. The van der Waals surface area contributed by atoms with Crippen molar-refractivity contribution in [1.29, 1.82) is 0 Å². The van der Waals surface area contributed by atoms with E-state index >= 15 is 0 Å². The van der Waals surface area contributed by atoms with Gasteiger partial charge in [-0.25, -0.2) is 4.39 Å². The predicted octanol–water partition coefficient (Wildman–Crippen LogP) is 2.95. The van der Waals surface area contributed by atoms with Crippen molar-refractivity contribution < 1.29 is 9.18 Å². The number of benzene rings is 1. The smallest absolute Gasteiger partial charge is 0.222 e. The molecule has 26 heavy (non-hydrogen) atoms. The van der Waals surface area contributed by atoms with Gasteiger partial charge in [0, 0.05) is 25.1 Å². The van der Waals surface area contributed by atoms with Gasteiger partial charge < -0.3 is 10.2 Å². The molecule has 1 spiro atoms. The molecule has 3 aliphatic rings. The highest BCUT2D eigenvalue weighted by atomic mass is 19.1. The summed E-state index contributed by atoms with van der Waals surface area (Å²) in [5.74, 6) is 0.0973. The van der Waals surface area contributed by atoms with Crippen LogP contribution in [0.4, 0.5) is 4.39 Å². The van der Waals surface area contributed by atoms with E-state index in [1.807, 2.05) is 17.0 Å². The first-order chi connectivity index (χ1) is 12.7. The van der Waals surface area contributed by atoms with Gasteiger partial charge >= 0.3 is 0 Å². The van der Waals surface area contributed by atoms with E-state index in [1.165, 1.54) is 0 Å². The first-order valence-electron chi connectivity index (χ1n) is 10.1. The zero-order valence-electron chi connectivity index (χ0n) is 15.6. The molecule has 0 saturated carbocycles. The molecule has 0 aliphatic carbocycles. The summed E-state index contributed by atoms with van der Waals surface area (Å²) >= 11 is 0. The number of piperidine rings is 2. The number of carbonyl (C=O) groups excluding carboxylic acids is 1. The molecule has 1 aromatic rings. The van der Waals surface area contributed by atoms with Crippen LogP contribution in [0.2, 0.25) is 0 Å². The molecule has 0 radical (unpaired) electrons. The molecule has 3 aliphatic heterocycles. The molecule has 0 aromatic heterocycles. The largest absolute Gasteiger partial charge is 0.340 e. The molecule has 1 atom stereocenters. The fourth-order valence-corrected chi connectivity index (χ4v) is 5.05. The highest BCUT2D eigenvalue weighted by Gasteiger charge is 2.40. The van der Waals surface area contributed by atoms with Crippen molar-refractivity contribution in [3.05, 3.63) is 35.6 Å². The summed E-state index contributed by atoms with van der Waals surface area (Å²) in [6.07, 6.45) is 6.26. The normalized spacial score (nSPS) is 25.0. The Morgan fingerprint density at radius 1 is 1.12 bits per heavy atom. The summed E-state index contributed by atoms with van der Waals surface area (Å²) in [5.41, 5.74) is 1.01. The topological polar surface area (TPSA) is 35.6 Å². The van der Waals surface area contributed by atoms with Gasteiger partial charge in [0.15, 0.2) is 0 Å². The monoisotopic (exact) mass is 359 g/mol. The van der Waals surface area contributed by atoms with Crippen molar-refractivity contribution in [3.63, 3.8) is 0 Å². The second-order valence-corrected chi connectivity index (χ2v) is 8.30. The van der Waals surface area contributed by atoms with Gasteiger partial charge in [0.1, 0.15) is 5.82 Å². The average molecular weight is 359 g/mol. The van der Waals surface area contributed by atoms with Gasteiger partial charge in [0.05, 0.1) is 6.04 Å². The Morgan fingerprint density at radius 3 is 2.58 bits per heavy atom. The molecular weight excluding hydrogens is 329 g/mol.